The maximum absolute atomic E-state index is 12.5. The largest absolute Gasteiger partial charge is 0.497 e. The van der Waals surface area contributed by atoms with E-state index in [1.165, 1.54) is 7.11 Å². The molecule has 9 nitrogen and oxygen atoms in total. The van der Waals surface area contributed by atoms with E-state index in [1.807, 2.05) is 6.07 Å². The molecule has 0 bridgehead atoms. The van der Waals surface area contributed by atoms with Gasteiger partial charge in [0.15, 0.2) is 11.5 Å². The summed E-state index contributed by atoms with van der Waals surface area (Å²) in [7, 11) is 3.07. The Morgan fingerprint density at radius 3 is 2.63 bits per heavy atom. The van der Waals surface area contributed by atoms with Crippen LogP contribution in [0.2, 0.25) is 0 Å². The van der Waals surface area contributed by atoms with Crippen molar-refractivity contribution in [1.82, 2.24) is 5.32 Å². The highest BCUT2D eigenvalue weighted by Crippen LogP contribution is 2.35. The summed E-state index contributed by atoms with van der Waals surface area (Å²) < 4.78 is 21.6. The number of nitrogens with one attached hydrogen (secondary N) is 2. The van der Waals surface area contributed by atoms with Crippen molar-refractivity contribution in [1.29, 1.82) is 0 Å². The van der Waals surface area contributed by atoms with Crippen LogP contribution in [0.15, 0.2) is 36.4 Å². The second-order valence-electron chi connectivity index (χ2n) is 6.90. The molecule has 1 fully saturated rings. The van der Waals surface area contributed by atoms with Crippen molar-refractivity contribution in [3.63, 3.8) is 0 Å². The minimum Gasteiger partial charge on any atom is -0.497 e. The molecule has 2 aliphatic heterocycles. The van der Waals surface area contributed by atoms with Crippen LogP contribution in [0.4, 0.5) is 16.2 Å². The molecule has 0 aromatic heterocycles. The lowest BCUT2D eigenvalue weighted by molar-refractivity contribution is -0.117. The van der Waals surface area contributed by atoms with Crippen molar-refractivity contribution in [3.8, 4) is 23.0 Å². The van der Waals surface area contributed by atoms with E-state index in [1.54, 1.807) is 42.3 Å². The van der Waals surface area contributed by atoms with Crippen molar-refractivity contribution in [3.05, 3.63) is 36.4 Å². The van der Waals surface area contributed by atoms with Gasteiger partial charge < -0.3 is 34.5 Å². The third-order valence-corrected chi connectivity index (χ3v) is 4.95. The molecule has 30 heavy (non-hydrogen) atoms. The molecule has 2 aromatic rings. The predicted molar refractivity (Wildman–Crippen MR) is 110 cm³/mol. The Morgan fingerprint density at radius 2 is 1.87 bits per heavy atom. The van der Waals surface area contributed by atoms with Gasteiger partial charge in [-0.1, -0.05) is 0 Å². The molecule has 9 heteroatoms. The zero-order chi connectivity index (χ0) is 21.1. The van der Waals surface area contributed by atoms with E-state index in [9.17, 15) is 9.59 Å². The zero-order valence-electron chi connectivity index (χ0n) is 16.8. The maximum Gasteiger partial charge on any atom is 0.319 e. The van der Waals surface area contributed by atoms with E-state index < -0.39 is 6.03 Å². The Balaban J connectivity index is 1.39. The summed E-state index contributed by atoms with van der Waals surface area (Å²) in [6.45, 7) is 1.35. The van der Waals surface area contributed by atoms with Gasteiger partial charge in [-0.15, -0.1) is 0 Å². The van der Waals surface area contributed by atoms with E-state index in [0.29, 0.717) is 54.1 Å². The van der Waals surface area contributed by atoms with Crippen LogP contribution in [0, 0.1) is 0 Å². The first-order valence-corrected chi connectivity index (χ1v) is 9.57. The number of rotatable bonds is 5. The summed E-state index contributed by atoms with van der Waals surface area (Å²) in [6, 6.07) is 9.75. The van der Waals surface area contributed by atoms with Crippen LogP contribution in [0.3, 0.4) is 0 Å². The summed E-state index contributed by atoms with van der Waals surface area (Å²) in [5, 5.41) is 5.60. The van der Waals surface area contributed by atoms with Crippen LogP contribution in [0.25, 0.3) is 0 Å². The Bertz CT molecular complexity index is 964. The number of hydrogen-bond acceptors (Lipinski definition) is 6. The Labute approximate surface area is 173 Å². The molecule has 0 saturated carbocycles. The second kappa shape index (κ2) is 8.40. The molecule has 2 aliphatic rings. The number of methoxy groups -OCH3 is 2. The lowest BCUT2D eigenvalue weighted by Crippen LogP contribution is -2.39. The van der Waals surface area contributed by atoms with Gasteiger partial charge in [-0.2, -0.15) is 0 Å². The molecule has 2 aromatic carbocycles. The second-order valence-corrected chi connectivity index (χ2v) is 6.90. The quantitative estimate of drug-likeness (QED) is 0.781. The van der Waals surface area contributed by atoms with Gasteiger partial charge in [-0.05, 0) is 24.3 Å². The number of urea groups is 1. The molecular formula is C21H23N3O6. The molecule has 158 valence electrons. The van der Waals surface area contributed by atoms with Crippen molar-refractivity contribution < 1.29 is 28.5 Å². The van der Waals surface area contributed by atoms with Crippen molar-refractivity contribution >= 4 is 23.3 Å². The van der Waals surface area contributed by atoms with Gasteiger partial charge in [0, 0.05) is 30.8 Å². The standard InChI is InChI=1S/C21H23N3O6/c1-27-15-4-5-16(18(11-15)28-2)23-21(26)22-13-9-20(25)24(12-13)14-3-6-17-19(10-14)30-8-7-29-17/h3-6,10-11,13H,7-9,12H2,1-2H3,(H2,22,23,26)/t13-/m0/s1. The molecule has 0 radical (unpaired) electrons. The van der Waals surface area contributed by atoms with Crippen LogP contribution in [-0.2, 0) is 4.79 Å². The van der Waals surface area contributed by atoms with Crippen molar-refractivity contribution in [2.24, 2.45) is 0 Å². The number of nitrogens with zero attached hydrogens (tertiary/aromatic N) is 1. The number of fused-ring (bicyclic) bond motifs is 1. The molecule has 3 amide bonds. The first-order valence-electron chi connectivity index (χ1n) is 9.57. The fourth-order valence-electron chi connectivity index (χ4n) is 3.50. The number of hydrogen-bond donors (Lipinski definition) is 2. The Morgan fingerprint density at radius 1 is 1.07 bits per heavy atom. The SMILES string of the molecule is COc1ccc(NC(=O)N[C@H]2CC(=O)N(c3ccc4c(c3)OCCO4)C2)c(OC)c1. The van der Waals surface area contributed by atoms with Crippen LogP contribution in [0.1, 0.15) is 6.42 Å². The number of ether oxygens (including phenoxy) is 4. The smallest absolute Gasteiger partial charge is 0.319 e. The molecule has 0 spiro atoms. The van der Waals surface area contributed by atoms with Crippen LogP contribution in [-0.4, -0.2) is 52.0 Å². The topological polar surface area (TPSA) is 98.4 Å². The highest BCUT2D eigenvalue weighted by Gasteiger charge is 2.32. The van der Waals surface area contributed by atoms with E-state index in [4.69, 9.17) is 18.9 Å². The number of amides is 3. The number of carbonyl (C=O) groups excluding carboxylic acids is 2. The number of anilines is 2. The summed E-state index contributed by atoms with van der Waals surface area (Å²) in [6.07, 6.45) is 0.210. The first-order chi connectivity index (χ1) is 14.6. The number of benzene rings is 2. The monoisotopic (exact) mass is 413 g/mol. The number of carbonyl (C=O) groups is 2. The maximum atomic E-state index is 12.5. The normalized spacial score (nSPS) is 17.5. The summed E-state index contributed by atoms with van der Waals surface area (Å²) in [4.78, 5) is 26.6. The van der Waals surface area contributed by atoms with E-state index in [2.05, 4.69) is 10.6 Å². The minimum atomic E-state index is -0.416. The average molecular weight is 413 g/mol. The van der Waals surface area contributed by atoms with E-state index >= 15 is 0 Å². The third-order valence-electron chi connectivity index (χ3n) is 4.95. The molecule has 0 aliphatic carbocycles. The van der Waals surface area contributed by atoms with Gasteiger partial charge in [-0.3, -0.25) is 4.79 Å². The lowest BCUT2D eigenvalue weighted by Gasteiger charge is -2.22. The fourth-order valence-corrected chi connectivity index (χ4v) is 3.50. The third kappa shape index (κ3) is 4.05. The molecule has 2 N–H and O–H groups in total. The minimum absolute atomic E-state index is 0.0704. The van der Waals surface area contributed by atoms with E-state index in [-0.39, 0.29) is 18.4 Å². The van der Waals surface area contributed by atoms with Gasteiger partial charge in [0.25, 0.3) is 0 Å². The Hall–Kier alpha value is -3.62. The fraction of sp³-hybridized carbons (Fsp3) is 0.333. The first kappa shape index (κ1) is 19.7. The molecule has 2 heterocycles. The highest BCUT2D eigenvalue weighted by atomic mass is 16.6. The van der Waals surface area contributed by atoms with Gasteiger partial charge in [0.2, 0.25) is 5.91 Å². The molecule has 1 atom stereocenters. The van der Waals surface area contributed by atoms with Gasteiger partial charge in [0.05, 0.1) is 25.9 Å². The van der Waals surface area contributed by atoms with Gasteiger partial charge in [0.1, 0.15) is 24.7 Å². The van der Waals surface area contributed by atoms with E-state index in [0.717, 1.165) is 0 Å². The zero-order valence-corrected chi connectivity index (χ0v) is 16.8. The average Bonchev–Trinajstić information content (AvgIpc) is 3.13. The van der Waals surface area contributed by atoms with Crippen molar-refractivity contribution in [2.75, 3.05) is 44.2 Å². The highest BCUT2D eigenvalue weighted by molar-refractivity contribution is 5.98. The van der Waals surface area contributed by atoms with Crippen LogP contribution >= 0.6 is 0 Å². The van der Waals surface area contributed by atoms with Crippen molar-refractivity contribution in [2.45, 2.75) is 12.5 Å². The molecule has 1 saturated heterocycles. The predicted octanol–water partition coefficient (Wildman–Crippen LogP) is 2.40. The molecule has 4 rings (SSSR count). The molecular weight excluding hydrogens is 390 g/mol. The molecule has 0 unspecified atom stereocenters. The lowest BCUT2D eigenvalue weighted by atomic mass is 10.2. The van der Waals surface area contributed by atoms with Crippen LogP contribution < -0.4 is 34.5 Å². The summed E-state index contributed by atoms with van der Waals surface area (Å²) in [5.41, 5.74) is 1.22. The van der Waals surface area contributed by atoms with Gasteiger partial charge >= 0.3 is 6.03 Å². The van der Waals surface area contributed by atoms with Crippen LogP contribution in [0.5, 0.6) is 23.0 Å². The van der Waals surface area contributed by atoms with Gasteiger partial charge in [-0.25, -0.2) is 4.79 Å². The Kier molecular flexibility index (Phi) is 5.51. The summed E-state index contributed by atoms with van der Waals surface area (Å²) in [5.74, 6) is 2.31. The summed E-state index contributed by atoms with van der Waals surface area (Å²) >= 11 is 0.